The standard InChI is InChI=1S/C19H18N6OS2/c1-11-8-12(2)16-14(9-11)28-18(22-16)21-15(26)10-27-19-24-23-17(25(19)3)13-4-6-20-7-5-13/h4-9H,10H2,1-3H3,(H,21,22,26). The highest BCUT2D eigenvalue weighted by atomic mass is 32.2. The predicted molar refractivity (Wildman–Crippen MR) is 113 cm³/mol. The molecule has 0 bridgehead atoms. The maximum absolute atomic E-state index is 12.4. The summed E-state index contributed by atoms with van der Waals surface area (Å²) < 4.78 is 2.95. The van der Waals surface area contributed by atoms with E-state index in [1.54, 1.807) is 12.4 Å². The van der Waals surface area contributed by atoms with Gasteiger partial charge in [-0.1, -0.05) is 29.2 Å². The molecule has 3 aromatic heterocycles. The number of nitrogens with one attached hydrogen (secondary N) is 1. The molecule has 1 aromatic carbocycles. The number of hydrogen-bond acceptors (Lipinski definition) is 7. The number of hydrogen-bond donors (Lipinski definition) is 1. The third kappa shape index (κ3) is 3.76. The van der Waals surface area contributed by atoms with Gasteiger partial charge in [0.25, 0.3) is 0 Å². The summed E-state index contributed by atoms with van der Waals surface area (Å²) in [5, 5.41) is 12.6. The summed E-state index contributed by atoms with van der Waals surface area (Å²) in [4.78, 5) is 20.9. The molecule has 0 saturated heterocycles. The zero-order valence-electron chi connectivity index (χ0n) is 15.6. The Morgan fingerprint density at radius 1 is 1.21 bits per heavy atom. The highest BCUT2D eigenvalue weighted by Gasteiger charge is 2.14. The van der Waals surface area contributed by atoms with Crippen LogP contribution in [0.3, 0.4) is 0 Å². The van der Waals surface area contributed by atoms with Crippen molar-refractivity contribution in [1.82, 2.24) is 24.7 Å². The lowest BCUT2D eigenvalue weighted by Gasteiger charge is -2.04. The first-order valence-electron chi connectivity index (χ1n) is 8.61. The largest absolute Gasteiger partial charge is 0.305 e. The number of anilines is 1. The Kier molecular flexibility index (Phi) is 5.10. The SMILES string of the molecule is Cc1cc(C)c2nc(NC(=O)CSc3nnc(-c4ccncc4)n3C)sc2c1. The topological polar surface area (TPSA) is 85.6 Å². The monoisotopic (exact) mass is 410 g/mol. The lowest BCUT2D eigenvalue weighted by atomic mass is 10.1. The molecule has 0 fully saturated rings. The second-order valence-corrected chi connectivity index (χ2v) is 8.36. The van der Waals surface area contributed by atoms with Crippen molar-refractivity contribution in [2.24, 2.45) is 7.05 Å². The molecule has 142 valence electrons. The Morgan fingerprint density at radius 3 is 2.79 bits per heavy atom. The molecular formula is C19H18N6OS2. The molecule has 0 aliphatic rings. The van der Waals surface area contributed by atoms with E-state index in [2.05, 4.69) is 44.5 Å². The van der Waals surface area contributed by atoms with Gasteiger partial charge < -0.3 is 9.88 Å². The molecule has 0 atom stereocenters. The Hall–Kier alpha value is -2.78. The van der Waals surface area contributed by atoms with Gasteiger partial charge in [0.15, 0.2) is 16.1 Å². The quantitative estimate of drug-likeness (QED) is 0.503. The van der Waals surface area contributed by atoms with Crippen molar-refractivity contribution in [2.45, 2.75) is 19.0 Å². The first-order valence-corrected chi connectivity index (χ1v) is 10.4. The number of pyridine rings is 1. The Labute approximate surface area is 170 Å². The fourth-order valence-electron chi connectivity index (χ4n) is 2.90. The zero-order valence-corrected chi connectivity index (χ0v) is 17.3. The number of thioether (sulfide) groups is 1. The second kappa shape index (κ2) is 7.69. The number of amides is 1. The molecule has 1 amide bonds. The summed E-state index contributed by atoms with van der Waals surface area (Å²) in [7, 11) is 1.88. The van der Waals surface area contributed by atoms with E-state index >= 15 is 0 Å². The van der Waals surface area contributed by atoms with E-state index in [9.17, 15) is 4.79 Å². The minimum atomic E-state index is -0.119. The first-order chi connectivity index (χ1) is 13.5. The number of carbonyl (C=O) groups is 1. The van der Waals surface area contributed by atoms with Crippen molar-refractivity contribution >= 4 is 44.4 Å². The third-order valence-electron chi connectivity index (χ3n) is 4.18. The number of nitrogens with zero attached hydrogens (tertiary/aromatic N) is 5. The van der Waals surface area contributed by atoms with Crippen LogP contribution in [0.5, 0.6) is 0 Å². The average Bonchev–Trinajstić information content (AvgIpc) is 3.24. The van der Waals surface area contributed by atoms with Crippen molar-refractivity contribution < 1.29 is 4.79 Å². The normalized spacial score (nSPS) is 11.1. The highest BCUT2D eigenvalue weighted by molar-refractivity contribution is 7.99. The highest BCUT2D eigenvalue weighted by Crippen LogP contribution is 2.29. The van der Waals surface area contributed by atoms with Crippen LogP contribution in [0.15, 0.2) is 41.8 Å². The van der Waals surface area contributed by atoms with Crippen LogP contribution in [0.25, 0.3) is 21.6 Å². The van der Waals surface area contributed by atoms with E-state index in [0.717, 1.165) is 27.2 Å². The number of aromatic nitrogens is 5. The maximum atomic E-state index is 12.4. The molecule has 7 nitrogen and oxygen atoms in total. The third-order valence-corrected chi connectivity index (χ3v) is 6.12. The van der Waals surface area contributed by atoms with Crippen molar-refractivity contribution in [1.29, 1.82) is 0 Å². The molecule has 9 heteroatoms. The lowest BCUT2D eigenvalue weighted by molar-refractivity contribution is -0.113. The number of aryl methyl sites for hydroxylation is 2. The molecule has 4 aromatic rings. The van der Waals surface area contributed by atoms with Crippen molar-refractivity contribution in [3.63, 3.8) is 0 Å². The van der Waals surface area contributed by atoms with E-state index < -0.39 is 0 Å². The molecule has 1 N–H and O–H groups in total. The van der Waals surface area contributed by atoms with Gasteiger partial charge in [0.2, 0.25) is 5.91 Å². The summed E-state index contributed by atoms with van der Waals surface area (Å²) in [6.07, 6.45) is 3.43. The van der Waals surface area contributed by atoms with Crippen molar-refractivity contribution in [2.75, 3.05) is 11.1 Å². The molecule has 0 unspecified atom stereocenters. The van der Waals surface area contributed by atoms with Gasteiger partial charge in [-0.2, -0.15) is 0 Å². The summed E-state index contributed by atoms with van der Waals surface area (Å²) in [6.45, 7) is 4.09. The van der Waals surface area contributed by atoms with Crippen LogP contribution < -0.4 is 5.32 Å². The number of carbonyl (C=O) groups excluding carboxylic acids is 1. The molecule has 0 aliphatic heterocycles. The predicted octanol–water partition coefficient (Wildman–Crippen LogP) is 3.83. The van der Waals surface area contributed by atoms with Gasteiger partial charge in [-0.3, -0.25) is 9.78 Å². The molecule has 0 spiro atoms. The van der Waals surface area contributed by atoms with Gasteiger partial charge >= 0.3 is 0 Å². The van der Waals surface area contributed by atoms with E-state index in [0.29, 0.717) is 10.3 Å². The van der Waals surface area contributed by atoms with Crippen LogP contribution in [0.1, 0.15) is 11.1 Å². The minimum absolute atomic E-state index is 0.119. The van der Waals surface area contributed by atoms with Gasteiger partial charge in [-0.25, -0.2) is 4.98 Å². The molecule has 4 rings (SSSR count). The number of benzene rings is 1. The van der Waals surface area contributed by atoms with Crippen LogP contribution in [0.4, 0.5) is 5.13 Å². The Bertz CT molecular complexity index is 1150. The lowest BCUT2D eigenvalue weighted by Crippen LogP contribution is -2.14. The van der Waals surface area contributed by atoms with E-state index in [-0.39, 0.29) is 11.7 Å². The summed E-state index contributed by atoms with van der Waals surface area (Å²) in [5.41, 5.74) is 4.17. The van der Waals surface area contributed by atoms with E-state index in [1.165, 1.54) is 28.7 Å². The van der Waals surface area contributed by atoms with Crippen molar-refractivity contribution in [3.8, 4) is 11.4 Å². The Balaban J connectivity index is 1.43. The first kappa shape index (κ1) is 18.6. The summed E-state index contributed by atoms with van der Waals surface area (Å²) in [5.74, 6) is 0.852. The summed E-state index contributed by atoms with van der Waals surface area (Å²) >= 11 is 2.83. The Morgan fingerprint density at radius 2 is 2.00 bits per heavy atom. The van der Waals surface area contributed by atoms with Crippen LogP contribution in [0, 0.1) is 13.8 Å². The van der Waals surface area contributed by atoms with Crippen LogP contribution >= 0.6 is 23.1 Å². The fraction of sp³-hybridized carbons (Fsp3) is 0.211. The molecule has 0 radical (unpaired) electrons. The minimum Gasteiger partial charge on any atom is -0.305 e. The van der Waals surface area contributed by atoms with Gasteiger partial charge in [-0.15, -0.1) is 10.2 Å². The van der Waals surface area contributed by atoms with Crippen LogP contribution in [0.2, 0.25) is 0 Å². The zero-order chi connectivity index (χ0) is 19.7. The average molecular weight is 411 g/mol. The van der Waals surface area contributed by atoms with E-state index in [1.807, 2.05) is 30.7 Å². The second-order valence-electron chi connectivity index (χ2n) is 6.39. The molecular weight excluding hydrogens is 392 g/mol. The van der Waals surface area contributed by atoms with Gasteiger partial charge in [0.05, 0.1) is 16.0 Å². The molecule has 3 heterocycles. The summed E-state index contributed by atoms with van der Waals surface area (Å²) in [6, 6.07) is 7.94. The van der Waals surface area contributed by atoms with Gasteiger partial charge in [0.1, 0.15) is 0 Å². The fourth-order valence-corrected chi connectivity index (χ4v) is 4.67. The molecule has 0 aliphatic carbocycles. The van der Waals surface area contributed by atoms with Gasteiger partial charge in [0, 0.05) is 25.0 Å². The number of thiazole rings is 1. The van der Waals surface area contributed by atoms with Crippen LogP contribution in [-0.2, 0) is 11.8 Å². The molecule has 0 saturated carbocycles. The number of fused-ring (bicyclic) bond motifs is 1. The van der Waals surface area contributed by atoms with Gasteiger partial charge in [-0.05, 0) is 43.2 Å². The number of rotatable bonds is 5. The smallest absolute Gasteiger partial charge is 0.236 e. The maximum Gasteiger partial charge on any atom is 0.236 e. The van der Waals surface area contributed by atoms with E-state index in [4.69, 9.17) is 0 Å². The van der Waals surface area contributed by atoms with Crippen molar-refractivity contribution in [3.05, 3.63) is 47.8 Å². The molecule has 28 heavy (non-hydrogen) atoms. The van der Waals surface area contributed by atoms with Crippen LogP contribution in [-0.4, -0.2) is 36.4 Å².